The second-order valence-electron chi connectivity index (χ2n) is 5.50. The molecule has 0 aliphatic heterocycles. The fraction of sp³-hybridized carbons (Fsp3) is 0.375. The van der Waals surface area contributed by atoms with E-state index in [1.165, 1.54) is 24.0 Å². The van der Waals surface area contributed by atoms with Crippen molar-refractivity contribution in [2.24, 2.45) is 10.7 Å². The number of aromatic nitrogens is 2. The van der Waals surface area contributed by atoms with Gasteiger partial charge in [-0.05, 0) is 49.8 Å². The number of aromatic amines is 1. The monoisotopic (exact) mass is 283 g/mol. The van der Waals surface area contributed by atoms with Gasteiger partial charge in [0.1, 0.15) is 0 Å². The van der Waals surface area contributed by atoms with Gasteiger partial charge in [-0.3, -0.25) is 5.10 Å². The van der Waals surface area contributed by atoms with Crippen LogP contribution in [0.25, 0.3) is 0 Å². The highest BCUT2D eigenvalue weighted by molar-refractivity contribution is 5.93. The van der Waals surface area contributed by atoms with Gasteiger partial charge < -0.3 is 11.1 Å². The number of nitrogens with one attached hydrogen (secondary N) is 2. The lowest BCUT2D eigenvalue weighted by Crippen LogP contribution is -2.24. The van der Waals surface area contributed by atoms with Crippen molar-refractivity contribution in [3.63, 3.8) is 0 Å². The smallest absolute Gasteiger partial charge is 0.193 e. The van der Waals surface area contributed by atoms with Crippen LogP contribution in [0.3, 0.4) is 0 Å². The van der Waals surface area contributed by atoms with E-state index >= 15 is 0 Å². The van der Waals surface area contributed by atoms with E-state index in [1.807, 2.05) is 6.92 Å². The van der Waals surface area contributed by atoms with Crippen LogP contribution in [0.1, 0.15) is 35.2 Å². The van der Waals surface area contributed by atoms with Crippen LogP contribution in [-0.2, 0) is 19.4 Å². The average molecular weight is 283 g/mol. The molecule has 0 unspecified atom stereocenters. The molecule has 3 rings (SSSR count). The Morgan fingerprint density at radius 1 is 1.38 bits per heavy atom. The molecule has 1 aliphatic carbocycles. The Morgan fingerprint density at radius 3 is 3.05 bits per heavy atom. The minimum Gasteiger partial charge on any atom is -0.370 e. The van der Waals surface area contributed by atoms with E-state index in [2.05, 4.69) is 38.7 Å². The van der Waals surface area contributed by atoms with E-state index in [0.717, 1.165) is 29.8 Å². The quantitative estimate of drug-likeness (QED) is 0.598. The minimum atomic E-state index is 0.453. The molecule has 21 heavy (non-hydrogen) atoms. The maximum Gasteiger partial charge on any atom is 0.193 e. The van der Waals surface area contributed by atoms with Crippen molar-refractivity contribution in [2.45, 2.75) is 39.2 Å². The summed E-state index contributed by atoms with van der Waals surface area (Å²) >= 11 is 0. The Balaban J connectivity index is 1.73. The second kappa shape index (κ2) is 5.99. The number of nitrogens with two attached hydrogens (primary N) is 1. The molecule has 0 saturated carbocycles. The van der Waals surface area contributed by atoms with Crippen LogP contribution in [0.15, 0.2) is 29.4 Å². The largest absolute Gasteiger partial charge is 0.370 e. The molecule has 1 aromatic heterocycles. The summed E-state index contributed by atoms with van der Waals surface area (Å²) in [5.41, 5.74) is 12.0. The van der Waals surface area contributed by atoms with Crippen LogP contribution >= 0.6 is 0 Å². The van der Waals surface area contributed by atoms with Gasteiger partial charge in [0, 0.05) is 16.9 Å². The Hall–Kier alpha value is -2.30. The first-order valence-corrected chi connectivity index (χ1v) is 7.40. The van der Waals surface area contributed by atoms with Crippen molar-refractivity contribution in [3.05, 3.63) is 46.8 Å². The van der Waals surface area contributed by atoms with E-state index in [4.69, 9.17) is 5.73 Å². The maximum absolute atomic E-state index is 6.01. The minimum absolute atomic E-state index is 0.453. The summed E-state index contributed by atoms with van der Waals surface area (Å²) in [5.74, 6) is 0.453. The molecule has 4 N–H and O–H groups in total. The van der Waals surface area contributed by atoms with Crippen molar-refractivity contribution in [1.29, 1.82) is 0 Å². The van der Waals surface area contributed by atoms with Crippen molar-refractivity contribution in [2.75, 3.05) is 5.32 Å². The highest BCUT2D eigenvalue weighted by Crippen LogP contribution is 2.27. The normalized spacial score (nSPS) is 14.8. The molecule has 1 aliphatic rings. The number of aliphatic imine (C=N–C) groups is 1. The molecule has 5 nitrogen and oxygen atoms in total. The van der Waals surface area contributed by atoms with Crippen LogP contribution < -0.4 is 11.1 Å². The zero-order chi connectivity index (χ0) is 14.7. The predicted molar refractivity (Wildman–Crippen MR) is 85.4 cm³/mol. The Morgan fingerprint density at radius 2 is 2.24 bits per heavy atom. The number of rotatable bonds is 3. The number of hydrogen-bond acceptors (Lipinski definition) is 2. The molecule has 110 valence electrons. The van der Waals surface area contributed by atoms with E-state index < -0.39 is 0 Å². The molecule has 1 heterocycles. The average Bonchev–Trinajstić information content (AvgIpc) is 2.91. The second-order valence-corrected chi connectivity index (χ2v) is 5.50. The van der Waals surface area contributed by atoms with Gasteiger partial charge in [0.25, 0.3) is 0 Å². The first-order valence-electron chi connectivity index (χ1n) is 7.40. The van der Waals surface area contributed by atoms with E-state index in [-0.39, 0.29) is 0 Å². The Kier molecular flexibility index (Phi) is 3.90. The van der Waals surface area contributed by atoms with Crippen LogP contribution in [-0.4, -0.2) is 16.2 Å². The van der Waals surface area contributed by atoms with Crippen LogP contribution in [0.2, 0.25) is 0 Å². The first kappa shape index (κ1) is 13.7. The molecular weight excluding hydrogens is 262 g/mol. The third-order valence-corrected chi connectivity index (χ3v) is 4.01. The lowest BCUT2D eigenvalue weighted by atomic mass is 9.90. The van der Waals surface area contributed by atoms with E-state index in [0.29, 0.717) is 12.5 Å². The van der Waals surface area contributed by atoms with E-state index in [9.17, 15) is 0 Å². The number of fused-ring (bicyclic) bond motifs is 1. The fourth-order valence-electron chi connectivity index (χ4n) is 2.78. The maximum atomic E-state index is 6.01. The summed E-state index contributed by atoms with van der Waals surface area (Å²) in [6.45, 7) is 2.52. The van der Waals surface area contributed by atoms with Gasteiger partial charge >= 0.3 is 0 Å². The van der Waals surface area contributed by atoms with Crippen LogP contribution in [0.4, 0.5) is 5.69 Å². The summed E-state index contributed by atoms with van der Waals surface area (Å²) in [5, 5.41) is 10.1. The van der Waals surface area contributed by atoms with Gasteiger partial charge in [0.2, 0.25) is 0 Å². The first-order chi connectivity index (χ1) is 10.2. The molecule has 0 atom stereocenters. The molecular formula is C16H21N5. The number of anilines is 1. The number of nitrogens with zero attached hydrogens (tertiary/aromatic N) is 2. The summed E-state index contributed by atoms with van der Waals surface area (Å²) in [6.07, 6.45) is 6.59. The molecule has 0 radical (unpaired) electrons. The molecule has 0 spiro atoms. The van der Waals surface area contributed by atoms with Crippen molar-refractivity contribution in [3.8, 4) is 0 Å². The number of hydrogen-bond donors (Lipinski definition) is 3. The fourth-order valence-corrected chi connectivity index (χ4v) is 2.78. The summed E-state index contributed by atoms with van der Waals surface area (Å²) < 4.78 is 0. The van der Waals surface area contributed by atoms with Crippen LogP contribution in [0.5, 0.6) is 0 Å². The summed E-state index contributed by atoms with van der Waals surface area (Å²) in [6, 6.07) is 6.37. The summed E-state index contributed by atoms with van der Waals surface area (Å²) in [4.78, 5) is 4.39. The van der Waals surface area contributed by atoms with Crippen molar-refractivity contribution in [1.82, 2.24) is 10.2 Å². The van der Waals surface area contributed by atoms with Gasteiger partial charge in [0.05, 0.1) is 12.7 Å². The van der Waals surface area contributed by atoms with Crippen LogP contribution in [0, 0.1) is 6.92 Å². The number of guanidine groups is 1. The molecule has 0 fully saturated rings. The molecule has 0 bridgehead atoms. The van der Waals surface area contributed by atoms with E-state index in [1.54, 1.807) is 6.20 Å². The number of H-pyrrole nitrogens is 1. The molecule has 0 amide bonds. The lowest BCUT2D eigenvalue weighted by molar-refractivity contribution is 0.687. The van der Waals surface area contributed by atoms with Crippen molar-refractivity contribution < 1.29 is 0 Å². The number of aryl methyl sites for hydroxylation is 2. The molecule has 0 saturated heterocycles. The van der Waals surface area contributed by atoms with Gasteiger partial charge in [-0.1, -0.05) is 12.1 Å². The van der Waals surface area contributed by atoms with Gasteiger partial charge in [-0.25, -0.2) is 4.99 Å². The predicted octanol–water partition coefficient (Wildman–Crippen LogP) is 2.52. The van der Waals surface area contributed by atoms with Crippen molar-refractivity contribution >= 4 is 11.6 Å². The number of benzene rings is 1. The standard InChI is InChI=1S/C16H21N5/c1-11-13(10-19-21-11)9-18-16(17)20-15-8-4-6-12-5-2-3-7-14(12)15/h4,6,8,10H,2-3,5,7,9H2,1H3,(H,19,21)(H3,17,18,20). The highest BCUT2D eigenvalue weighted by Gasteiger charge is 2.13. The topological polar surface area (TPSA) is 79.1 Å². The Labute approximate surface area is 124 Å². The third-order valence-electron chi connectivity index (χ3n) is 4.01. The molecule has 1 aromatic carbocycles. The SMILES string of the molecule is Cc1[nH]ncc1CN=C(N)Nc1cccc2c1CCCC2. The zero-order valence-corrected chi connectivity index (χ0v) is 12.3. The molecule has 5 heteroatoms. The highest BCUT2D eigenvalue weighted by atomic mass is 15.1. The third kappa shape index (κ3) is 3.07. The summed E-state index contributed by atoms with van der Waals surface area (Å²) in [7, 11) is 0. The lowest BCUT2D eigenvalue weighted by Gasteiger charge is -2.19. The molecule has 2 aromatic rings. The zero-order valence-electron chi connectivity index (χ0n) is 12.3. The van der Waals surface area contributed by atoms with Gasteiger partial charge in [-0.2, -0.15) is 5.10 Å². The van der Waals surface area contributed by atoms with Gasteiger partial charge in [-0.15, -0.1) is 0 Å². The van der Waals surface area contributed by atoms with Gasteiger partial charge in [0.15, 0.2) is 5.96 Å². The Bertz CT molecular complexity index is 656.